The van der Waals surface area contributed by atoms with Gasteiger partial charge in [-0.1, -0.05) is 0 Å². The summed E-state index contributed by atoms with van der Waals surface area (Å²) in [5, 5.41) is 2.75. The fourth-order valence-electron chi connectivity index (χ4n) is 3.01. The lowest BCUT2D eigenvalue weighted by Crippen LogP contribution is -2.18. The van der Waals surface area contributed by atoms with Gasteiger partial charge in [-0.3, -0.25) is 9.78 Å². The van der Waals surface area contributed by atoms with Gasteiger partial charge in [-0.25, -0.2) is 4.98 Å². The van der Waals surface area contributed by atoms with Crippen LogP contribution in [0.15, 0.2) is 31.0 Å². The van der Waals surface area contributed by atoms with E-state index in [2.05, 4.69) is 36.7 Å². The number of fused-ring (bicyclic) bond motifs is 3. The first-order valence-electron chi connectivity index (χ1n) is 7.58. The van der Waals surface area contributed by atoms with Crippen LogP contribution in [0.4, 0.5) is 5.82 Å². The van der Waals surface area contributed by atoms with Crippen molar-refractivity contribution in [1.29, 1.82) is 0 Å². The lowest BCUT2D eigenvalue weighted by molar-refractivity contribution is 0.102. The summed E-state index contributed by atoms with van der Waals surface area (Å²) in [6.07, 6.45) is 9.18. The predicted octanol–water partition coefficient (Wildman–Crippen LogP) is 2.05. The minimum Gasteiger partial charge on any atom is -0.480 e. The zero-order chi connectivity index (χ0) is 16.7. The molecule has 0 saturated heterocycles. The van der Waals surface area contributed by atoms with Crippen LogP contribution in [0.3, 0.4) is 0 Å². The number of amides is 1. The van der Waals surface area contributed by atoms with Crippen LogP contribution in [0.1, 0.15) is 29.0 Å². The van der Waals surface area contributed by atoms with Crippen molar-refractivity contribution in [2.45, 2.75) is 19.4 Å². The molecular formula is C16H16N6O2. The standard InChI is InChI=1S/C16H16N6O2/c1-9-5-11-14(15-18-3-4-22(9)15)10(6-19-11)16(23)21-12-7-17-8-13(20-12)24-2/h3-4,6-9,19H,5H2,1-2H3,(H,20,21,23)/t9-/m0/s1. The highest BCUT2D eigenvalue weighted by molar-refractivity contribution is 6.08. The number of rotatable bonds is 3. The molecule has 2 N–H and O–H groups in total. The van der Waals surface area contributed by atoms with Crippen molar-refractivity contribution in [3.8, 4) is 17.3 Å². The molecule has 24 heavy (non-hydrogen) atoms. The zero-order valence-electron chi connectivity index (χ0n) is 13.3. The predicted molar refractivity (Wildman–Crippen MR) is 87.0 cm³/mol. The van der Waals surface area contributed by atoms with E-state index >= 15 is 0 Å². The van der Waals surface area contributed by atoms with Gasteiger partial charge in [0.1, 0.15) is 5.82 Å². The van der Waals surface area contributed by atoms with Crippen LogP contribution in [0.25, 0.3) is 11.4 Å². The number of H-pyrrole nitrogens is 1. The van der Waals surface area contributed by atoms with Gasteiger partial charge in [0.25, 0.3) is 5.91 Å². The molecule has 1 aliphatic rings. The van der Waals surface area contributed by atoms with Gasteiger partial charge in [-0.05, 0) is 6.92 Å². The van der Waals surface area contributed by atoms with Crippen molar-refractivity contribution >= 4 is 11.7 Å². The number of methoxy groups -OCH3 is 1. The van der Waals surface area contributed by atoms with Gasteiger partial charge in [-0.15, -0.1) is 0 Å². The highest BCUT2D eigenvalue weighted by atomic mass is 16.5. The fraction of sp³-hybridized carbons (Fsp3) is 0.250. The molecule has 122 valence electrons. The van der Waals surface area contributed by atoms with Crippen LogP contribution in [-0.2, 0) is 6.42 Å². The smallest absolute Gasteiger partial charge is 0.259 e. The topological polar surface area (TPSA) is 97.7 Å². The maximum Gasteiger partial charge on any atom is 0.259 e. The van der Waals surface area contributed by atoms with Gasteiger partial charge in [0, 0.05) is 36.7 Å². The van der Waals surface area contributed by atoms with E-state index in [-0.39, 0.29) is 5.91 Å². The molecule has 0 bridgehead atoms. The number of hydrogen-bond acceptors (Lipinski definition) is 5. The third-order valence-electron chi connectivity index (χ3n) is 4.14. The van der Waals surface area contributed by atoms with Crippen molar-refractivity contribution in [3.05, 3.63) is 42.2 Å². The average Bonchev–Trinajstić information content (AvgIpc) is 3.21. The summed E-state index contributed by atoms with van der Waals surface area (Å²) in [6.45, 7) is 2.13. The van der Waals surface area contributed by atoms with E-state index in [4.69, 9.17) is 4.74 Å². The number of anilines is 1. The summed E-state index contributed by atoms with van der Waals surface area (Å²) in [5.74, 6) is 1.21. The van der Waals surface area contributed by atoms with Gasteiger partial charge in [-0.2, -0.15) is 4.98 Å². The normalized spacial score (nSPS) is 15.5. The van der Waals surface area contributed by atoms with Crippen molar-refractivity contribution in [3.63, 3.8) is 0 Å². The van der Waals surface area contributed by atoms with E-state index in [1.807, 2.05) is 6.20 Å². The van der Waals surface area contributed by atoms with Crippen LogP contribution < -0.4 is 10.1 Å². The summed E-state index contributed by atoms with van der Waals surface area (Å²) in [5.41, 5.74) is 2.39. The van der Waals surface area contributed by atoms with Crippen LogP contribution in [-0.4, -0.2) is 37.5 Å². The molecule has 0 aliphatic carbocycles. The maximum atomic E-state index is 12.7. The molecule has 1 aliphatic heterocycles. The van der Waals surface area contributed by atoms with Crippen molar-refractivity contribution in [2.24, 2.45) is 0 Å². The number of carbonyl (C=O) groups excluding carboxylic acids is 1. The van der Waals surface area contributed by atoms with E-state index in [1.165, 1.54) is 19.5 Å². The van der Waals surface area contributed by atoms with Crippen molar-refractivity contribution in [1.82, 2.24) is 24.5 Å². The molecule has 0 radical (unpaired) electrons. The molecule has 0 spiro atoms. The number of aromatic nitrogens is 5. The number of imidazole rings is 1. The Labute approximate surface area is 137 Å². The summed E-state index contributed by atoms with van der Waals surface area (Å²) >= 11 is 0. The number of ether oxygens (including phenoxy) is 1. The number of carbonyl (C=O) groups is 1. The number of nitrogens with one attached hydrogen (secondary N) is 2. The lowest BCUT2D eigenvalue weighted by atomic mass is 10.0. The van der Waals surface area contributed by atoms with E-state index in [0.29, 0.717) is 23.3 Å². The third-order valence-corrected chi connectivity index (χ3v) is 4.14. The van der Waals surface area contributed by atoms with Gasteiger partial charge in [0.05, 0.1) is 30.6 Å². The molecule has 1 amide bonds. The second-order valence-electron chi connectivity index (χ2n) is 5.67. The summed E-state index contributed by atoms with van der Waals surface area (Å²) < 4.78 is 7.10. The van der Waals surface area contributed by atoms with Crippen molar-refractivity contribution in [2.75, 3.05) is 12.4 Å². The molecule has 3 aromatic rings. The molecule has 1 atom stereocenters. The second kappa shape index (κ2) is 5.48. The molecule has 0 aromatic carbocycles. The highest BCUT2D eigenvalue weighted by Crippen LogP contribution is 2.35. The Morgan fingerprint density at radius 3 is 3.17 bits per heavy atom. The number of aromatic amines is 1. The van der Waals surface area contributed by atoms with Crippen LogP contribution in [0.2, 0.25) is 0 Å². The third kappa shape index (κ3) is 2.23. The Morgan fingerprint density at radius 2 is 2.33 bits per heavy atom. The minimum absolute atomic E-state index is 0.265. The molecule has 3 aromatic heterocycles. The molecule has 8 heteroatoms. The largest absolute Gasteiger partial charge is 0.480 e. The average molecular weight is 324 g/mol. The van der Waals surface area contributed by atoms with Gasteiger partial charge >= 0.3 is 0 Å². The molecule has 4 rings (SSSR count). The highest BCUT2D eigenvalue weighted by Gasteiger charge is 2.28. The zero-order valence-corrected chi connectivity index (χ0v) is 13.3. The van der Waals surface area contributed by atoms with E-state index < -0.39 is 0 Å². The van der Waals surface area contributed by atoms with E-state index in [1.54, 1.807) is 12.4 Å². The van der Waals surface area contributed by atoms with Gasteiger partial charge in [0.2, 0.25) is 5.88 Å². The summed E-state index contributed by atoms with van der Waals surface area (Å²) in [6, 6.07) is 0.300. The SMILES string of the molecule is COc1cncc(NC(=O)c2c[nH]c3c2-c2nccn2[C@@H](C)C3)n1. The van der Waals surface area contributed by atoms with E-state index in [9.17, 15) is 4.79 Å². The molecular weight excluding hydrogens is 308 g/mol. The van der Waals surface area contributed by atoms with Crippen LogP contribution in [0, 0.1) is 0 Å². The fourth-order valence-corrected chi connectivity index (χ4v) is 3.01. The first-order valence-corrected chi connectivity index (χ1v) is 7.58. The maximum absolute atomic E-state index is 12.7. The number of hydrogen-bond donors (Lipinski definition) is 2. The first-order chi connectivity index (χ1) is 11.7. The Hall–Kier alpha value is -3.16. The number of nitrogens with zero attached hydrogens (tertiary/aromatic N) is 4. The molecule has 0 saturated carbocycles. The second-order valence-corrected chi connectivity index (χ2v) is 5.67. The van der Waals surface area contributed by atoms with Crippen molar-refractivity contribution < 1.29 is 9.53 Å². The lowest BCUT2D eigenvalue weighted by Gasteiger charge is -2.22. The summed E-state index contributed by atoms with van der Waals surface area (Å²) in [4.78, 5) is 28.4. The van der Waals surface area contributed by atoms with Crippen LogP contribution >= 0.6 is 0 Å². The van der Waals surface area contributed by atoms with Gasteiger partial charge < -0.3 is 19.6 Å². The van der Waals surface area contributed by atoms with Gasteiger partial charge in [0.15, 0.2) is 5.82 Å². The molecule has 4 heterocycles. The Morgan fingerprint density at radius 1 is 1.46 bits per heavy atom. The Bertz CT molecular complexity index is 913. The molecule has 8 nitrogen and oxygen atoms in total. The van der Waals surface area contributed by atoms with Crippen LogP contribution in [0.5, 0.6) is 5.88 Å². The van der Waals surface area contributed by atoms with E-state index in [0.717, 1.165) is 23.5 Å². The monoisotopic (exact) mass is 324 g/mol. The Balaban J connectivity index is 1.68. The molecule has 0 unspecified atom stereocenters. The summed E-state index contributed by atoms with van der Waals surface area (Å²) in [7, 11) is 1.50. The Kier molecular flexibility index (Phi) is 3.30. The quantitative estimate of drug-likeness (QED) is 0.768. The first kappa shape index (κ1) is 14.4. The minimum atomic E-state index is -0.265. The molecule has 0 fully saturated rings.